The van der Waals surface area contributed by atoms with Crippen LogP contribution in [0.2, 0.25) is 0 Å². The standard InChI is InChI=1S/C15H21NO3/c1-11-12(4-3-5-13(11)17)14(18)16-10-15(2)6-8-19-9-7-15/h3-5,17H,6-10H2,1-2H3,(H,16,18). The number of nitrogens with one attached hydrogen (secondary N) is 1. The third-order valence-corrected chi connectivity index (χ3v) is 3.93. The summed E-state index contributed by atoms with van der Waals surface area (Å²) in [5.41, 5.74) is 1.27. The zero-order valence-electron chi connectivity index (χ0n) is 11.5. The molecule has 1 aliphatic heterocycles. The van der Waals surface area contributed by atoms with Crippen molar-refractivity contribution in [2.24, 2.45) is 5.41 Å². The van der Waals surface area contributed by atoms with E-state index in [1.807, 2.05) is 0 Å². The first kappa shape index (κ1) is 13.9. The summed E-state index contributed by atoms with van der Waals surface area (Å²) in [5, 5.41) is 12.6. The number of benzene rings is 1. The van der Waals surface area contributed by atoms with Crippen molar-refractivity contribution in [2.45, 2.75) is 26.7 Å². The molecule has 0 saturated carbocycles. The van der Waals surface area contributed by atoms with Crippen LogP contribution in [0.25, 0.3) is 0 Å². The van der Waals surface area contributed by atoms with Crippen LogP contribution >= 0.6 is 0 Å². The van der Waals surface area contributed by atoms with E-state index in [9.17, 15) is 9.90 Å². The summed E-state index contributed by atoms with van der Waals surface area (Å²) in [5.74, 6) is 0.0334. The van der Waals surface area contributed by atoms with Gasteiger partial charge in [0.25, 0.3) is 5.91 Å². The number of rotatable bonds is 3. The van der Waals surface area contributed by atoms with E-state index >= 15 is 0 Å². The Kier molecular flexibility index (Phi) is 4.10. The van der Waals surface area contributed by atoms with Crippen LogP contribution in [0.1, 0.15) is 35.7 Å². The number of ether oxygens (including phenoxy) is 1. The first-order chi connectivity index (χ1) is 9.02. The van der Waals surface area contributed by atoms with Crippen LogP contribution in [0.5, 0.6) is 5.75 Å². The average molecular weight is 263 g/mol. The molecule has 19 heavy (non-hydrogen) atoms. The number of aromatic hydroxyl groups is 1. The van der Waals surface area contributed by atoms with Crippen molar-refractivity contribution in [3.8, 4) is 5.75 Å². The average Bonchev–Trinajstić information content (AvgIpc) is 2.40. The summed E-state index contributed by atoms with van der Waals surface area (Å²) in [6.07, 6.45) is 1.93. The van der Waals surface area contributed by atoms with E-state index < -0.39 is 0 Å². The number of amides is 1. The van der Waals surface area contributed by atoms with E-state index in [0.29, 0.717) is 17.7 Å². The van der Waals surface area contributed by atoms with Gasteiger partial charge in [-0.3, -0.25) is 4.79 Å². The monoisotopic (exact) mass is 263 g/mol. The highest BCUT2D eigenvalue weighted by Gasteiger charge is 2.28. The molecule has 2 N–H and O–H groups in total. The second-order valence-electron chi connectivity index (χ2n) is 5.56. The number of hydrogen-bond donors (Lipinski definition) is 2. The van der Waals surface area contributed by atoms with Crippen molar-refractivity contribution in [1.82, 2.24) is 5.32 Å². The molecular formula is C15H21NO3. The van der Waals surface area contributed by atoms with Gasteiger partial charge in [-0.25, -0.2) is 0 Å². The normalized spacial score (nSPS) is 18.0. The molecule has 4 heteroatoms. The Morgan fingerprint density at radius 3 is 2.79 bits per heavy atom. The van der Waals surface area contributed by atoms with Gasteiger partial charge in [-0.1, -0.05) is 13.0 Å². The molecule has 1 heterocycles. The van der Waals surface area contributed by atoms with Crippen molar-refractivity contribution < 1.29 is 14.6 Å². The Bertz CT molecular complexity index is 464. The lowest BCUT2D eigenvalue weighted by Crippen LogP contribution is -2.39. The van der Waals surface area contributed by atoms with Gasteiger partial charge in [0.15, 0.2) is 0 Å². The van der Waals surface area contributed by atoms with E-state index in [0.717, 1.165) is 26.1 Å². The van der Waals surface area contributed by atoms with E-state index in [1.165, 1.54) is 0 Å². The maximum Gasteiger partial charge on any atom is 0.251 e. The molecule has 0 bridgehead atoms. The van der Waals surface area contributed by atoms with Crippen LogP contribution in [-0.2, 0) is 4.74 Å². The van der Waals surface area contributed by atoms with E-state index in [1.54, 1.807) is 25.1 Å². The Balaban J connectivity index is 1.99. The first-order valence-corrected chi connectivity index (χ1v) is 6.66. The van der Waals surface area contributed by atoms with Crippen molar-refractivity contribution in [1.29, 1.82) is 0 Å². The molecule has 0 spiro atoms. The third-order valence-electron chi connectivity index (χ3n) is 3.93. The zero-order chi connectivity index (χ0) is 13.9. The molecule has 1 saturated heterocycles. The minimum Gasteiger partial charge on any atom is -0.508 e. The van der Waals surface area contributed by atoms with Gasteiger partial charge in [-0.2, -0.15) is 0 Å². The van der Waals surface area contributed by atoms with Gasteiger partial charge < -0.3 is 15.2 Å². The fraction of sp³-hybridized carbons (Fsp3) is 0.533. The predicted octanol–water partition coefficient (Wildman–Crippen LogP) is 2.25. The Labute approximate surface area is 113 Å². The lowest BCUT2D eigenvalue weighted by Gasteiger charge is -2.33. The molecule has 0 aliphatic carbocycles. The minimum atomic E-state index is -0.124. The number of carbonyl (C=O) groups excluding carboxylic acids is 1. The maximum absolute atomic E-state index is 12.1. The molecule has 4 nitrogen and oxygen atoms in total. The number of hydrogen-bond acceptors (Lipinski definition) is 3. The highest BCUT2D eigenvalue weighted by molar-refractivity contribution is 5.96. The van der Waals surface area contributed by atoms with Gasteiger partial charge in [0.2, 0.25) is 0 Å². The van der Waals surface area contributed by atoms with Gasteiger partial charge in [-0.05, 0) is 37.3 Å². The first-order valence-electron chi connectivity index (χ1n) is 6.66. The summed E-state index contributed by atoms with van der Waals surface area (Å²) in [4.78, 5) is 12.1. The maximum atomic E-state index is 12.1. The van der Waals surface area contributed by atoms with E-state index in [2.05, 4.69) is 12.2 Å². The Morgan fingerprint density at radius 2 is 2.11 bits per heavy atom. The van der Waals surface area contributed by atoms with E-state index in [4.69, 9.17) is 4.74 Å². The minimum absolute atomic E-state index is 0.110. The molecule has 1 aromatic rings. The number of phenols is 1. The van der Waals surface area contributed by atoms with Crippen LogP contribution < -0.4 is 5.32 Å². The summed E-state index contributed by atoms with van der Waals surface area (Å²) in [7, 11) is 0. The summed E-state index contributed by atoms with van der Waals surface area (Å²) in [6.45, 7) is 6.09. The van der Waals surface area contributed by atoms with Crippen LogP contribution in [0, 0.1) is 12.3 Å². The van der Waals surface area contributed by atoms with Crippen molar-refractivity contribution in [3.63, 3.8) is 0 Å². The summed E-state index contributed by atoms with van der Waals surface area (Å²) >= 11 is 0. The van der Waals surface area contributed by atoms with Gasteiger partial charge in [0.1, 0.15) is 5.75 Å². The quantitative estimate of drug-likeness (QED) is 0.879. The van der Waals surface area contributed by atoms with Crippen LogP contribution in [0.4, 0.5) is 0 Å². The van der Waals surface area contributed by atoms with Gasteiger partial charge in [0.05, 0.1) is 0 Å². The molecule has 0 aromatic heterocycles. The molecular weight excluding hydrogens is 242 g/mol. The second-order valence-corrected chi connectivity index (χ2v) is 5.56. The lowest BCUT2D eigenvalue weighted by molar-refractivity contribution is 0.0238. The Morgan fingerprint density at radius 1 is 1.42 bits per heavy atom. The predicted molar refractivity (Wildman–Crippen MR) is 73.3 cm³/mol. The summed E-state index contributed by atoms with van der Waals surface area (Å²) < 4.78 is 5.35. The fourth-order valence-corrected chi connectivity index (χ4v) is 2.30. The third kappa shape index (κ3) is 3.26. The molecule has 1 aliphatic rings. The zero-order valence-corrected chi connectivity index (χ0v) is 11.5. The second kappa shape index (κ2) is 5.61. The molecule has 0 radical (unpaired) electrons. The van der Waals surface area contributed by atoms with Crippen molar-refractivity contribution in [3.05, 3.63) is 29.3 Å². The highest BCUT2D eigenvalue weighted by Crippen LogP contribution is 2.29. The molecule has 1 amide bonds. The highest BCUT2D eigenvalue weighted by atomic mass is 16.5. The largest absolute Gasteiger partial charge is 0.508 e. The molecule has 1 aromatic carbocycles. The Hall–Kier alpha value is -1.55. The topological polar surface area (TPSA) is 58.6 Å². The van der Waals surface area contributed by atoms with Crippen LogP contribution in [0.15, 0.2) is 18.2 Å². The number of phenolic OH excluding ortho intramolecular Hbond substituents is 1. The van der Waals surface area contributed by atoms with Gasteiger partial charge in [0, 0.05) is 30.9 Å². The van der Waals surface area contributed by atoms with Gasteiger partial charge >= 0.3 is 0 Å². The fourth-order valence-electron chi connectivity index (χ4n) is 2.30. The van der Waals surface area contributed by atoms with Crippen molar-refractivity contribution >= 4 is 5.91 Å². The molecule has 1 fully saturated rings. The molecule has 2 rings (SSSR count). The smallest absolute Gasteiger partial charge is 0.251 e. The number of carbonyl (C=O) groups is 1. The molecule has 104 valence electrons. The summed E-state index contributed by atoms with van der Waals surface area (Å²) in [6, 6.07) is 5.01. The van der Waals surface area contributed by atoms with Crippen LogP contribution in [0.3, 0.4) is 0 Å². The van der Waals surface area contributed by atoms with E-state index in [-0.39, 0.29) is 17.1 Å². The van der Waals surface area contributed by atoms with Crippen LogP contribution in [-0.4, -0.2) is 30.8 Å². The molecule has 0 unspecified atom stereocenters. The molecule has 0 atom stereocenters. The SMILES string of the molecule is Cc1c(O)cccc1C(=O)NCC1(C)CCOCC1. The van der Waals surface area contributed by atoms with Gasteiger partial charge in [-0.15, -0.1) is 0 Å². The van der Waals surface area contributed by atoms with Crippen molar-refractivity contribution in [2.75, 3.05) is 19.8 Å². The lowest BCUT2D eigenvalue weighted by atomic mass is 9.82.